The summed E-state index contributed by atoms with van der Waals surface area (Å²) in [5.41, 5.74) is -0.700. The van der Waals surface area contributed by atoms with E-state index in [-0.39, 0.29) is 28.8 Å². The Balaban J connectivity index is 1.61. The zero-order chi connectivity index (χ0) is 26.9. The molecule has 0 unspecified atom stereocenters. The Morgan fingerprint density at radius 1 is 0.649 bits per heavy atom. The van der Waals surface area contributed by atoms with Crippen LogP contribution in [0, 0.1) is 34.9 Å². The van der Waals surface area contributed by atoms with Crippen LogP contribution >= 0.6 is 0 Å². The van der Waals surface area contributed by atoms with Crippen molar-refractivity contribution >= 4 is 0 Å². The minimum absolute atomic E-state index is 0.00464. The number of benzene rings is 4. The zero-order valence-electron chi connectivity index (χ0n) is 19.2. The van der Waals surface area contributed by atoms with Crippen molar-refractivity contribution in [3.63, 3.8) is 0 Å². The number of alkyl halides is 2. The molecule has 0 bridgehead atoms. The first-order valence-corrected chi connectivity index (χ1v) is 11.1. The SMILES string of the molecule is CCCc1ccc(-c2cc(F)c(-c3ccc(C(F)(F)Oc4cc(F)c(F)c(F)c4)cc3)c(F)c2)c(F)c1. The lowest BCUT2D eigenvalue weighted by Gasteiger charge is -2.19. The van der Waals surface area contributed by atoms with E-state index in [1.54, 1.807) is 6.07 Å². The van der Waals surface area contributed by atoms with Crippen molar-refractivity contribution in [2.24, 2.45) is 0 Å². The van der Waals surface area contributed by atoms with Crippen molar-refractivity contribution in [2.75, 3.05) is 0 Å². The highest BCUT2D eigenvalue weighted by atomic mass is 19.3. The van der Waals surface area contributed by atoms with Crippen LogP contribution in [-0.4, -0.2) is 0 Å². The lowest BCUT2D eigenvalue weighted by molar-refractivity contribution is -0.185. The van der Waals surface area contributed by atoms with Gasteiger partial charge in [0.15, 0.2) is 17.5 Å². The van der Waals surface area contributed by atoms with Crippen LogP contribution < -0.4 is 4.74 Å². The molecule has 192 valence electrons. The molecule has 0 aliphatic carbocycles. The van der Waals surface area contributed by atoms with Gasteiger partial charge in [0.2, 0.25) is 0 Å². The molecule has 4 rings (SSSR count). The molecule has 0 fully saturated rings. The Hall–Kier alpha value is -3.88. The van der Waals surface area contributed by atoms with Crippen LogP contribution in [-0.2, 0) is 12.5 Å². The minimum Gasteiger partial charge on any atom is -0.429 e. The average Bonchev–Trinajstić information content (AvgIpc) is 2.82. The van der Waals surface area contributed by atoms with Crippen LogP contribution in [0.5, 0.6) is 5.75 Å². The lowest BCUT2D eigenvalue weighted by atomic mass is 9.96. The van der Waals surface area contributed by atoms with Crippen molar-refractivity contribution in [2.45, 2.75) is 25.9 Å². The average molecular weight is 522 g/mol. The van der Waals surface area contributed by atoms with E-state index >= 15 is 0 Å². The Kier molecular flexibility index (Phi) is 7.25. The van der Waals surface area contributed by atoms with Crippen molar-refractivity contribution in [1.82, 2.24) is 0 Å². The van der Waals surface area contributed by atoms with Crippen LogP contribution in [0.2, 0.25) is 0 Å². The molecular weight excluding hydrogens is 504 g/mol. The maximum Gasteiger partial charge on any atom is 0.426 e. The maximum atomic E-state index is 14.9. The second-order valence-corrected chi connectivity index (χ2v) is 8.28. The van der Waals surface area contributed by atoms with Crippen LogP contribution in [0.4, 0.5) is 35.1 Å². The van der Waals surface area contributed by atoms with Gasteiger partial charge < -0.3 is 4.74 Å². The van der Waals surface area contributed by atoms with Gasteiger partial charge in [0.1, 0.15) is 23.2 Å². The van der Waals surface area contributed by atoms with Crippen LogP contribution in [0.25, 0.3) is 22.3 Å². The normalized spacial score (nSPS) is 11.6. The van der Waals surface area contributed by atoms with Gasteiger partial charge in [-0.3, -0.25) is 0 Å². The van der Waals surface area contributed by atoms with E-state index in [4.69, 9.17) is 0 Å². The molecule has 0 aliphatic rings. The van der Waals surface area contributed by atoms with E-state index in [1.807, 2.05) is 6.92 Å². The van der Waals surface area contributed by atoms with E-state index in [0.29, 0.717) is 6.42 Å². The van der Waals surface area contributed by atoms with E-state index < -0.39 is 57.9 Å². The lowest BCUT2D eigenvalue weighted by Crippen LogP contribution is -2.22. The highest BCUT2D eigenvalue weighted by Gasteiger charge is 2.35. The quantitative estimate of drug-likeness (QED) is 0.174. The van der Waals surface area contributed by atoms with Gasteiger partial charge in [-0.25, -0.2) is 26.3 Å². The molecule has 0 N–H and O–H groups in total. The molecule has 0 saturated heterocycles. The molecule has 37 heavy (non-hydrogen) atoms. The first-order chi connectivity index (χ1) is 17.5. The molecule has 4 aromatic rings. The molecule has 0 saturated carbocycles. The monoisotopic (exact) mass is 522 g/mol. The van der Waals surface area contributed by atoms with Gasteiger partial charge in [-0.2, -0.15) is 8.78 Å². The molecule has 4 aromatic carbocycles. The molecule has 0 heterocycles. The van der Waals surface area contributed by atoms with Gasteiger partial charge in [0.25, 0.3) is 0 Å². The Morgan fingerprint density at radius 3 is 1.78 bits per heavy atom. The molecule has 0 spiro atoms. The summed E-state index contributed by atoms with van der Waals surface area (Å²) in [6.45, 7) is 1.93. The van der Waals surface area contributed by atoms with Gasteiger partial charge in [-0.15, -0.1) is 0 Å². The van der Waals surface area contributed by atoms with Crippen molar-refractivity contribution in [3.05, 3.63) is 113 Å². The van der Waals surface area contributed by atoms with Gasteiger partial charge in [-0.1, -0.05) is 37.6 Å². The molecule has 1 nitrogen and oxygen atoms in total. The summed E-state index contributed by atoms with van der Waals surface area (Å²) >= 11 is 0. The van der Waals surface area contributed by atoms with Gasteiger partial charge in [0.05, 0.1) is 11.1 Å². The summed E-state index contributed by atoms with van der Waals surface area (Å²) in [5, 5.41) is 0. The largest absolute Gasteiger partial charge is 0.429 e. The molecule has 0 aliphatic heterocycles. The summed E-state index contributed by atoms with van der Waals surface area (Å²) in [5.74, 6) is -8.95. The first-order valence-electron chi connectivity index (χ1n) is 11.1. The Bertz CT molecular complexity index is 1400. The van der Waals surface area contributed by atoms with Crippen molar-refractivity contribution in [3.8, 4) is 28.0 Å². The number of hydrogen-bond acceptors (Lipinski definition) is 1. The predicted octanol–water partition coefficient (Wildman–Crippen LogP) is 8.94. The predicted molar refractivity (Wildman–Crippen MR) is 122 cm³/mol. The summed E-state index contributed by atoms with van der Waals surface area (Å²) in [6, 6.07) is 10.4. The first kappa shape index (κ1) is 26.2. The number of aryl methyl sites for hydroxylation is 1. The third kappa shape index (κ3) is 5.45. The molecule has 0 aromatic heterocycles. The van der Waals surface area contributed by atoms with Gasteiger partial charge in [-0.05, 0) is 53.4 Å². The minimum atomic E-state index is -4.11. The van der Waals surface area contributed by atoms with Crippen molar-refractivity contribution < 1.29 is 39.9 Å². The number of hydrogen-bond donors (Lipinski definition) is 0. The number of rotatable bonds is 7. The van der Waals surface area contributed by atoms with Crippen molar-refractivity contribution in [1.29, 1.82) is 0 Å². The van der Waals surface area contributed by atoms with Gasteiger partial charge in [0, 0.05) is 17.7 Å². The van der Waals surface area contributed by atoms with E-state index in [2.05, 4.69) is 4.74 Å². The van der Waals surface area contributed by atoms with E-state index in [1.165, 1.54) is 12.1 Å². The third-order valence-corrected chi connectivity index (χ3v) is 5.64. The molecule has 0 radical (unpaired) electrons. The molecule has 0 amide bonds. The van der Waals surface area contributed by atoms with Gasteiger partial charge >= 0.3 is 6.11 Å². The fourth-order valence-electron chi connectivity index (χ4n) is 3.87. The fraction of sp³-hybridized carbons (Fsp3) is 0.143. The highest BCUT2D eigenvalue weighted by Crippen LogP contribution is 2.36. The van der Waals surface area contributed by atoms with Crippen LogP contribution in [0.15, 0.2) is 66.7 Å². The fourth-order valence-corrected chi connectivity index (χ4v) is 3.87. The van der Waals surface area contributed by atoms with Crippen LogP contribution in [0.3, 0.4) is 0 Å². The molecule has 9 heteroatoms. The second kappa shape index (κ2) is 10.2. The smallest absolute Gasteiger partial charge is 0.426 e. The molecule has 0 atom stereocenters. The maximum absolute atomic E-state index is 14.9. The number of ether oxygens (including phenoxy) is 1. The summed E-state index contributed by atoms with van der Waals surface area (Å²) in [7, 11) is 0. The van der Waals surface area contributed by atoms with E-state index in [0.717, 1.165) is 48.4 Å². The Morgan fingerprint density at radius 2 is 1.24 bits per heavy atom. The summed E-state index contributed by atoms with van der Waals surface area (Å²) in [4.78, 5) is 0. The third-order valence-electron chi connectivity index (χ3n) is 5.64. The summed E-state index contributed by atoms with van der Waals surface area (Å²) < 4.78 is 117. The van der Waals surface area contributed by atoms with Crippen LogP contribution in [0.1, 0.15) is 24.5 Å². The highest BCUT2D eigenvalue weighted by molar-refractivity contribution is 5.72. The van der Waals surface area contributed by atoms with E-state index in [9.17, 15) is 35.1 Å². The topological polar surface area (TPSA) is 9.23 Å². The Labute approximate surface area is 207 Å². The standard InChI is InChI=1S/C28H18F8O/c1-2-3-15-4-9-20(21(29)10-15)17-11-22(30)26(23(31)12-17)16-5-7-18(8-6-16)28(35,36)37-19-13-24(32)27(34)25(33)14-19/h4-14H,2-3H2,1H3. The number of halogens is 8. The zero-order valence-corrected chi connectivity index (χ0v) is 19.2. The summed E-state index contributed by atoms with van der Waals surface area (Å²) in [6.07, 6.45) is -2.66. The second-order valence-electron chi connectivity index (χ2n) is 8.28. The molecular formula is C28H18F8O.